The molecule has 5 aromatic rings. The average molecular weight is 515 g/mol. The number of carboxylic acid groups (broad SMARTS) is 1. The lowest BCUT2D eigenvalue weighted by molar-refractivity contribution is -0.139. The summed E-state index contributed by atoms with van der Waals surface area (Å²) >= 11 is 0. The Morgan fingerprint density at radius 1 is 0.667 bits per heavy atom. The number of carbonyl (C=O) groups is 2. The molecule has 0 aliphatic heterocycles. The van der Waals surface area contributed by atoms with E-state index in [0.29, 0.717) is 11.4 Å². The summed E-state index contributed by atoms with van der Waals surface area (Å²) in [5.41, 5.74) is 4.47. The summed E-state index contributed by atoms with van der Waals surface area (Å²) in [7, 11) is 0. The van der Waals surface area contributed by atoms with Gasteiger partial charge in [-0.3, -0.25) is 4.79 Å². The molecule has 2 N–H and O–H groups in total. The van der Waals surface area contributed by atoms with Crippen LogP contribution in [0.3, 0.4) is 0 Å². The molecule has 1 heterocycles. The van der Waals surface area contributed by atoms with Gasteiger partial charge >= 0.3 is 5.97 Å². The molecule has 6 nitrogen and oxygen atoms in total. The molecule has 0 saturated heterocycles. The molecule has 1 atom stereocenters. The molecule has 5 rings (SSSR count). The maximum atomic E-state index is 13.0. The van der Waals surface area contributed by atoms with Crippen molar-refractivity contribution in [2.24, 2.45) is 0 Å². The predicted octanol–water partition coefficient (Wildman–Crippen LogP) is 6.63. The van der Waals surface area contributed by atoms with Gasteiger partial charge in [-0.15, -0.1) is 0 Å². The zero-order valence-corrected chi connectivity index (χ0v) is 21.0. The molecule has 0 aliphatic rings. The highest BCUT2D eigenvalue weighted by Gasteiger charge is 2.22. The smallest absolute Gasteiger partial charge is 0.326 e. The predicted molar refractivity (Wildman–Crippen MR) is 151 cm³/mol. The highest BCUT2D eigenvalue weighted by molar-refractivity contribution is 5.95. The summed E-state index contributed by atoms with van der Waals surface area (Å²) in [4.78, 5) is 29.4. The van der Waals surface area contributed by atoms with Gasteiger partial charge in [0.25, 0.3) is 5.91 Å². The van der Waals surface area contributed by atoms with E-state index in [1.165, 1.54) is 0 Å². The van der Waals surface area contributed by atoms with Gasteiger partial charge in [0, 0.05) is 12.0 Å². The Hall–Kier alpha value is -5.23. The van der Waals surface area contributed by atoms with E-state index in [1.54, 1.807) is 18.2 Å². The summed E-state index contributed by atoms with van der Waals surface area (Å²) in [5.74, 6) is -0.239. The van der Waals surface area contributed by atoms with Gasteiger partial charge in [-0.1, -0.05) is 78.9 Å². The minimum atomic E-state index is -1.11. The Morgan fingerprint density at radius 2 is 1.26 bits per heavy atom. The third kappa shape index (κ3) is 6.56. The first-order valence-corrected chi connectivity index (χ1v) is 12.5. The number of amides is 1. The van der Waals surface area contributed by atoms with E-state index in [0.717, 1.165) is 28.0 Å². The highest BCUT2D eigenvalue weighted by atomic mass is 16.5. The molecule has 0 saturated carbocycles. The van der Waals surface area contributed by atoms with Gasteiger partial charge in [-0.25, -0.2) is 9.78 Å². The van der Waals surface area contributed by atoms with E-state index < -0.39 is 17.9 Å². The van der Waals surface area contributed by atoms with E-state index in [1.807, 2.05) is 109 Å². The van der Waals surface area contributed by atoms with Crippen molar-refractivity contribution in [3.63, 3.8) is 0 Å². The Morgan fingerprint density at radius 3 is 1.92 bits per heavy atom. The van der Waals surface area contributed by atoms with Crippen LogP contribution in [0.15, 0.2) is 127 Å². The second-order valence-electron chi connectivity index (χ2n) is 8.98. The van der Waals surface area contributed by atoms with Crippen molar-refractivity contribution >= 4 is 11.9 Å². The standard InChI is InChI=1S/C33H26N2O4/c36-32(35-31(33(37)38)22-23-14-16-25(17-15-23)24-8-3-1-4-9-24)30-13-7-12-29(34-30)26-18-20-28(21-19-26)39-27-10-5-2-6-11-27/h1-21,31H,22H2,(H,35,36)(H,37,38). The van der Waals surface area contributed by atoms with E-state index >= 15 is 0 Å². The van der Waals surface area contributed by atoms with Crippen LogP contribution in [0, 0.1) is 0 Å². The van der Waals surface area contributed by atoms with Crippen LogP contribution in [0.2, 0.25) is 0 Å². The molecule has 0 fully saturated rings. The van der Waals surface area contributed by atoms with Crippen molar-refractivity contribution in [2.45, 2.75) is 12.5 Å². The van der Waals surface area contributed by atoms with E-state index in [4.69, 9.17) is 4.74 Å². The third-order valence-electron chi connectivity index (χ3n) is 6.22. The van der Waals surface area contributed by atoms with Crippen LogP contribution < -0.4 is 10.1 Å². The molecule has 0 radical (unpaired) electrons. The van der Waals surface area contributed by atoms with Gasteiger partial charge in [-0.05, 0) is 65.2 Å². The zero-order chi connectivity index (χ0) is 27.0. The van der Waals surface area contributed by atoms with Crippen LogP contribution in [-0.2, 0) is 11.2 Å². The Balaban J connectivity index is 1.25. The number of nitrogens with one attached hydrogen (secondary N) is 1. The summed E-state index contributed by atoms with van der Waals surface area (Å²) in [6.45, 7) is 0. The van der Waals surface area contributed by atoms with Crippen LogP contribution in [-0.4, -0.2) is 28.0 Å². The number of hydrogen-bond donors (Lipinski definition) is 2. The molecule has 1 unspecified atom stereocenters. The molecular weight excluding hydrogens is 488 g/mol. The summed E-state index contributed by atoms with van der Waals surface area (Å²) in [6, 6.07) is 38.5. The molecule has 0 bridgehead atoms. The quantitative estimate of drug-likeness (QED) is 0.230. The SMILES string of the molecule is O=C(NC(Cc1ccc(-c2ccccc2)cc1)C(=O)O)c1cccc(-c2ccc(Oc3ccccc3)cc2)n1. The zero-order valence-electron chi connectivity index (χ0n) is 21.0. The normalized spacial score (nSPS) is 11.4. The van der Waals surface area contributed by atoms with Crippen molar-refractivity contribution < 1.29 is 19.4 Å². The molecular formula is C33H26N2O4. The fraction of sp³-hybridized carbons (Fsp3) is 0.0606. The lowest BCUT2D eigenvalue weighted by atomic mass is 10.0. The number of benzene rings is 4. The van der Waals surface area contributed by atoms with Crippen LogP contribution >= 0.6 is 0 Å². The molecule has 6 heteroatoms. The van der Waals surface area contributed by atoms with Crippen molar-refractivity contribution in [2.75, 3.05) is 0 Å². The monoisotopic (exact) mass is 514 g/mol. The van der Waals surface area contributed by atoms with Crippen LogP contribution in [0.1, 0.15) is 16.1 Å². The number of aliphatic carboxylic acids is 1. The molecule has 1 aromatic heterocycles. The van der Waals surface area contributed by atoms with Crippen LogP contribution in [0.4, 0.5) is 0 Å². The van der Waals surface area contributed by atoms with Gasteiger partial charge in [0.2, 0.25) is 0 Å². The minimum Gasteiger partial charge on any atom is -0.480 e. The lowest BCUT2D eigenvalue weighted by Gasteiger charge is -2.15. The number of rotatable bonds is 9. The summed E-state index contributed by atoms with van der Waals surface area (Å²) < 4.78 is 5.83. The third-order valence-corrected chi connectivity index (χ3v) is 6.22. The largest absolute Gasteiger partial charge is 0.480 e. The van der Waals surface area contributed by atoms with Crippen LogP contribution in [0.5, 0.6) is 11.5 Å². The number of carbonyl (C=O) groups excluding carboxylic acids is 1. The van der Waals surface area contributed by atoms with Gasteiger partial charge in [0.15, 0.2) is 0 Å². The second-order valence-corrected chi connectivity index (χ2v) is 8.98. The molecule has 0 spiro atoms. The van der Waals surface area contributed by atoms with Crippen molar-refractivity contribution in [1.29, 1.82) is 0 Å². The molecule has 1 amide bonds. The van der Waals surface area contributed by atoms with Gasteiger partial charge in [0.05, 0.1) is 5.69 Å². The van der Waals surface area contributed by atoms with Gasteiger partial charge in [-0.2, -0.15) is 0 Å². The summed E-state index contributed by atoms with van der Waals surface area (Å²) in [5, 5.41) is 12.4. The first-order chi connectivity index (χ1) is 19.0. The topological polar surface area (TPSA) is 88.5 Å². The number of pyridine rings is 1. The van der Waals surface area contributed by atoms with E-state index in [9.17, 15) is 14.7 Å². The van der Waals surface area contributed by atoms with Gasteiger partial charge in [0.1, 0.15) is 23.2 Å². The minimum absolute atomic E-state index is 0.141. The molecule has 39 heavy (non-hydrogen) atoms. The fourth-order valence-corrected chi connectivity index (χ4v) is 4.17. The number of ether oxygens (including phenoxy) is 1. The fourth-order valence-electron chi connectivity index (χ4n) is 4.17. The number of para-hydroxylation sites is 1. The maximum absolute atomic E-state index is 13.0. The molecule has 4 aromatic carbocycles. The number of carboxylic acids is 1. The Bertz CT molecular complexity index is 1550. The number of aromatic nitrogens is 1. The van der Waals surface area contributed by atoms with Crippen LogP contribution in [0.25, 0.3) is 22.4 Å². The van der Waals surface area contributed by atoms with Crippen molar-refractivity contribution in [3.8, 4) is 33.9 Å². The van der Waals surface area contributed by atoms with Gasteiger partial charge < -0.3 is 15.2 Å². The van der Waals surface area contributed by atoms with E-state index in [-0.39, 0.29) is 12.1 Å². The van der Waals surface area contributed by atoms with E-state index in [2.05, 4.69) is 10.3 Å². The Kier molecular flexibility index (Phi) is 7.74. The Labute approximate surface area is 226 Å². The van der Waals surface area contributed by atoms with Crippen molar-refractivity contribution in [1.82, 2.24) is 10.3 Å². The first kappa shape index (κ1) is 25.4. The number of hydrogen-bond acceptors (Lipinski definition) is 4. The molecule has 192 valence electrons. The molecule has 0 aliphatic carbocycles. The van der Waals surface area contributed by atoms with Crippen molar-refractivity contribution in [3.05, 3.63) is 139 Å². The lowest BCUT2D eigenvalue weighted by Crippen LogP contribution is -2.42. The highest BCUT2D eigenvalue weighted by Crippen LogP contribution is 2.25. The second kappa shape index (κ2) is 11.9. The maximum Gasteiger partial charge on any atom is 0.326 e. The average Bonchev–Trinajstić information content (AvgIpc) is 2.98. The number of nitrogens with zero attached hydrogens (tertiary/aromatic N) is 1. The summed E-state index contributed by atoms with van der Waals surface area (Å²) in [6.07, 6.45) is 0.151. The first-order valence-electron chi connectivity index (χ1n) is 12.5.